The number of amides is 1. The number of rotatable bonds is 42. The molecule has 0 spiro atoms. The smallest absolute Gasteiger partial charge is 0.268 e. The van der Waals surface area contributed by atoms with Gasteiger partial charge in [0.25, 0.3) is 7.82 Å². The zero-order valence-corrected chi connectivity index (χ0v) is 38.2. The van der Waals surface area contributed by atoms with Crippen LogP contribution >= 0.6 is 7.82 Å². The van der Waals surface area contributed by atoms with Gasteiger partial charge in [-0.3, -0.25) is 9.36 Å². The minimum Gasteiger partial charge on any atom is -0.756 e. The third-order valence-corrected chi connectivity index (χ3v) is 11.3. The molecule has 0 radical (unpaired) electrons. The number of hydrogen-bond donors (Lipinski definition) is 2. The van der Waals surface area contributed by atoms with Gasteiger partial charge >= 0.3 is 0 Å². The number of hydrogen-bond acceptors (Lipinski definition) is 6. The number of quaternary nitrogens is 1. The Morgan fingerprint density at radius 1 is 0.607 bits per heavy atom. The summed E-state index contributed by atoms with van der Waals surface area (Å²) < 4.78 is 23.1. The number of likely N-dealkylation sites (N-methyl/N-ethyl adjacent to an activating group) is 1. The van der Waals surface area contributed by atoms with Crippen molar-refractivity contribution in [3.05, 3.63) is 36.5 Å². The van der Waals surface area contributed by atoms with Crippen LogP contribution in [0, 0.1) is 0 Å². The molecule has 3 atom stereocenters. The highest BCUT2D eigenvalue weighted by Crippen LogP contribution is 2.38. The van der Waals surface area contributed by atoms with Crippen LogP contribution in [0.4, 0.5) is 0 Å². The molecule has 0 bridgehead atoms. The third-order valence-electron chi connectivity index (χ3n) is 10.3. The van der Waals surface area contributed by atoms with E-state index in [-0.39, 0.29) is 12.5 Å². The number of nitrogens with zero attached hydrogens (tertiary/aromatic N) is 1. The van der Waals surface area contributed by atoms with E-state index in [1.165, 1.54) is 148 Å². The summed E-state index contributed by atoms with van der Waals surface area (Å²) >= 11 is 0. The first kappa shape index (κ1) is 54.7. The molecule has 8 nitrogen and oxygen atoms in total. The molecule has 330 valence electrons. The molecule has 0 aromatic rings. The van der Waals surface area contributed by atoms with Gasteiger partial charge in [-0.1, -0.05) is 179 Å². The molecular weight excluding hydrogens is 719 g/mol. The van der Waals surface area contributed by atoms with Gasteiger partial charge in [0.15, 0.2) is 0 Å². The molecule has 0 aliphatic heterocycles. The van der Waals surface area contributed by atoms with Gasteiger partial charge in [-0.25, -0.2) is 0 Å². The molecule has 0 heterocycles. The molecule has 0 fully saturated rings. The second-order valence-electron chi connectivity index (χ2n) is 17.1. The minimum atomic E-state index is -4.59. The number of aliphatic hydroxyl groups is 1. The fourth-order valence-corrected chi connectivity index (χ4v) is 7.30. The minimum absolute atomic E-state index is 0.00704. The summed E-state index contributed by atoms with van der Waals surface area (Å²) in [5, 5.41) is 13.7. The Balaban J connectivity index is 4.16. The second kappa shape index (κ2) is 39.2. The number of unbranched alkanes of at least 4 members (excludes halogenated alkanes) is 25. The van der Waals surface area contributed by atoms with Gasteiger partial charge < -0.3 is 28.8 Å². The van der Waals surface area contributed by atoms with Crippen LogP contribution in [-0.4, -0.2) is 68.5 Å². The Morgan fingerprint density at radius 3 is 1.48 bits per heavy atom. The summed E-state index contributed by atoms with van der Waals surface area (Å²) in [7, 11) is 1.24. The zero-order valence-electron chi connectivity index (χ0n) is 37.3. The van der Waals surface area contributed by atoms with Gasteiger partial charge in [0.2, 0.25) is 5.91 Å². The normalized spacial score (nSPS) is 14.6. The first-order chi connectivity index (χ1) is 27.0. The largest absolute Gasteiger partial charge is 0.756 e. The Labute approximate surface area is 347 Å². The molecule has 3 unspecified atom stereocenters. The van der Waals surface area contributed by atoms with Crippen LogP contribution in [0.5, 0.6) is 0 Å². The molecule has 0 saturated heterocycles. The van der Waals surface area contributed by atoms with Crippen molar-refractivity contribution in [2.45, 2.75) is 219 Å². The maximum absolute atomic E-state index is 12.8. The van der Waals surface area contributed by atoms with Crippen molar-refractivity contribution in [2.24, 2.45) is 0 Å². The lowest BCUT2D eigenvalue weighted by Gasteiger charge is -2.29. The highest BCUT2D eigenvalue weighted by atomic mass is 31.2. The quantitative estimate of drug-likeness (QED) is 0.0275. The molecule has 0 aliphatic carbocycles. The number of nitrogens with one attached hydrogen (secondary N) is 1. The van der Waals surface area contributed by atoms with Gasteiger partial charge in [0.05, 0.1) is 39.9 Å². The molecule has 9 heteroatoms. The van der Waals surface area contributed by atoms with Crippen LogP contribution in [0.1, 0.15) is 206 Å². The number of phosphoric ester groups is 1. The summed E-state index contributed by atoms with van der Waals surface area (Å²) in [4.78, 5) is 25.2. The molecule has 0 rings (SSSR count). The molecule has 0 aromatic heterocycles. The Kier molecular flexibility index (Phi) is 38.3. The predicted octanol–water partition coefficient (Wildman–Crippen LogP) is 12.5. The lowest BCUT2D eigenvalue weighted by atomic mass is 10.0. The Hall–Kier alpha value is -1.28. The lowest BCUT2D eigenvalue weighted by Crippen LogP contribution is -2.45. The third kappa shape index (κ3) is 40.9. The van der Waals surface area contributed by atoms with E-state index < -0.39 is 26.6 Å². The van der Waals surface area contributed by atoms with Crippen LogP contribution < -0.4 is 10.2 Å². The van der Waals surface area contributed by atoms with E-state index in [0.717, 1.165) is 38.5 Å². The highest BCUT2D eigenvalue weighted by molar-refractivity contribution is 7.45. The van der Waals surface area contributed by atoms with Crippen molar-refractivity contribution >= 4 is 13.7 Å². The Bertz CT molecular complexity index is 1010. The molecular formula is C47H91N2O6P. The fraction of sp³-hybridized carbons (Fsp3) is 0.851. The number of carbonyl (C=O) groups excluding carboxylic acids is 1. The monoisotopic (exact) mass is 811 g/mol. The van der Waals surface area contributed by atoms with Crippen LogP contribution in [0.25, 0.3) is 0 Å². The van der Waals surface area contributed by atoms with E-state index in [1.807, 2.05) is 27.2 Å². The van der Waals surface area contributed by atoms with Crippen molar-refractivity contribution in [2.75, 3.05) is 40.9 Å². The first-order valence-corrected chi connectivity index (χ1v) is 24.8. The summed E-state index contributed by atoms with van der Waals surface area (Å²) in [6, 6.07) is -0.901. The highest BCUT2D eigenvalue weighted by Gasteiger charge is 2.23. The number of phosphoric acid groups is 1. The summed E-state index contributed by atoms with van der Waals surface area (Å²) in [6.07, 6.45) is 47.9. The van der Waals surface area contributed by atoms with E-state index in [1.54, 1.807) is 6.08 Å². The van der Waals surface area contributed by atoms with E-state index in [0.29, 0.717) is 17.4 Å². The second-order valence-corrected chi connectivity index (χ2v) is 18.5. The average Bonchev–Trinajstić information content (AvgIpc) is 3.15. The maximum Gasteiger partial charge on any atom is 0.268 e. The van der Waals surface area contributed by atoms with Crippen LogP contribution in [-0.2, 0) is 18.4 Å². The molecule has 56 heavy (non-hydrogen) atoms. The predicted molar refractivity (Wildman–Crippen MR) is 238 cm³/mol. The Morgan fingerprint density at radius 2 is 1.00 bits per heavy atom. The molecule has 1 amide bonds. The summed E-state index contributed by atoms with van der Waals surface area (Å²) in [6.45, 7) is 4.57. The van der Waals surface area contributed by atoms with Crippen molar-refractivity contribution in [1.29, 1.82) is 0 Å². The topological polar surface area (TPSA) is 108 Å². The maximum atomic E-state index is 12.8. The van der Waals surface area contributed by atoms with E-state index in [4.69, 9.17) is 9.05 Å². The van der Waals surface area contributed by atoms with Gasteiger partial charge in [-0.2, -0.15) is 0 Å². The number of aliphatic hydroxyl groups excluding tert-OH is 1. The fourth-order valence-electron chi connectivity index (χ4n) is 6.57. The van der Waals surface area contributed by atoms with Gasteiger partial charge in [0, 0.05) is 6.42 Å². The van der Waals surface area contributed by atoms with Crippen molar-refractivity contribution in [1.82, 2.24) is 5.32 Å². The standard InChI is InChI=1S/C47H91N2O6P/c1-6-8-10-12-14-16-17-18-19-20-21-22-23-24-25-26-27-28-29-30-31-33-35-37-39-41-47(51)48-45(44-55-56(52,53)54-43-42-49(3,4)5)46(50)40-38-36-34-32-15-13-11-9-7-2/h15,24-25,32,38,40,45-46,50H,6-14,16-23,26-31,33-37,39,41-44H2,1-5H3,(H-,48,51,52,53)/b25-24-,32-15+,40-38+. The van der Waals surface area contributed by atoms with E-state index >= 15 is 0 Å². The van der Waals surface area contributed by atoms with Gasteiger partial charge in [-0.05, 0) is 57.8 Å². The van der Waals surface area contributed by atoms with Crippen molar-refractivity contribution in [3.63, 3.8) is 0 Å². The molecule has 2 N–H and O–H groups in total. The van der Waals surface area contributed by atoms with Crippen molar-refractivity contribution in [3.8, 4) is 0 Å². The number of carbonyl (C=O) groups is 1. The van der Waals surface area contributed by atoms with Gasteiger partial charge in [-0.15, -0.1) is 0 Å². The van der Waals surface area contributed by atoms with Crippen LogP contribution in [0.2, 0.25) is 0 Å². The lowest BCUT2D eigenvalue weighted by molar-refractivity contribution is -0.870. The van der Waals surface area contributed by atoms with Crippen LogP contribution in [0.3, 0.4) is 0 Å². The SMILES string of the molecule is CCCCC/C=C/CC/C=C/C(O)C(COP(=O)([O-])OCC[N+](C)(C)C)NC(=O)CCCCCCCCCCC/C=C\CCCCCCCCCCCCCC. The van der Waals surface area contributed by atoms with Crippen molar-refractivity contribution < 1.29 is 32.9 Å². The molecule has 0 aromatic carbocycles. The zero-order chi connectivity index (χ0) is 41.4. The molecule has 0 aliphatic rings. The summed E-state index contributed by atoms with van der Waals surface area (Å²) in [5.41, 5.74) is 0. The van der Waals surface area contributed by atoms with Crippen LogP contribution in [0.15, 0.2) is 36.5 Å². The summed E-state index contributed by atoms with van der Waals surface area (Å²) in [5.74, 6) is -0.212. The number of allylic oxidation sites excluding steroid dienone is 5. The molecule has 0 saturated carbocycles. The first-order valence-electron chi connectivity index (χ1n) is 23.4. The van der Waals surface area contributed by atoms with Gasteiger partial charge in [0.1, 0.15) is 13.2 Å². The van der Waals surface area contributed by atoms with E-state index in [9.17, 15) is 19.4 Å². The van der Waals surface area contributed by atoms with E-state index in [2.05, 4.69) is 43.5 Å². The average molecular weight is 811 g/mol.